The minimum atomic E-state index is -4.64. The number of anilines is 2. The van der Waals surface area contributed by atoms with Gasteiger partial charge in [-0.3, -0.25) is 4.98 Å². The Morgan fingerprint density at radius 3 is 2.24 bits per heavy atom. The van der Waals surface area contributed by atoms with Crippen LogP contribution in [0.3, 0.4) is 0 Å². The maximum Gasteiger partial charge on any atom is 0.418 e. The molecule has 12 heteroatoms. The number of hydrogen-bond acceptors (Lipinski definition) is 6. The predicted octanol–water partition coefficient (Wildman–Crippen LogP) is 7.04. The van der Waals surface area contributed by atoms with E-state index in [4.69, 9.17) is 4.74 Å². The van der Waals surface area contributed by atoms with Gasteiger partial charge >= 0.3 is 12.4 Å². The zero-order chi connectivity index (χ0) is 26.8. The van der Waals surface area contributed by atoms with Gasteiger partial charge in [0.05, 0.1) is 22.2 Å². The third-order valence-electron chi connectivity index (χ3n) is 5.12. The highest BCUT2D eigenvalue weighted by atomic mass is 19.4. The third-order valence-corrected chi connectivity index (χ3v) is 5.12. The molecule has 194 valence electrons. The molecule has 0 unspecified atom stereocenters. The fourth-order valence-electron chi connectivity index (χ4n) is 3.45. The number of ether oxygens (including phenoxy) is 1. The molecule has 4 aromatic rings. The summed E-state index contributed by atoms with van der Waals surface area (Å²) in [7, 11) is 0. The molecule has 0 radical (unpaired) electrons. The van der Waals surface area contributed by atoms with Gasteiger partial charge in [0, 0.05) is 18.5 Å². The van der Waals surface area contributed by atoms with Crippen molar-refractivity contribution in [1.82, 2.24) is 19.9 Å². The molecule has 1 N–H and O–H groups in total. The number of nitrogens with zero attached hydrogens (tertiary/aromatic N) is 4. The third kappa shape index (κ3) is 6.31. The molecular weight excluding hydrogens is 500 g/mol. The highest BCUT2D eigenvalue weighted by molar-refractivity contribution is 5.90. The lowest BCUT2D eigenvalue weighted by molar-refractivity contribution is -0.138. The Bertz CT molecular complexity index is 1390. The van der Waals surface area contributed by atoms with Gasteiger partial charge in [-0.15, -0.1) is 0 Å². The van der Waals surface area contributed by atoms with Crippen molar-refractivity contribution < 1.29 is 31.1 Å². The average Bonchev–Trinajstić information content (AvgIpc) is 2.83. The number of nitrogens with one attached hydrogen (secondary N) is 1. The Hall–Kier alpha value is -3.80. The zero-order valence-corrected chi connectivity index (χ0v) is 19.7. The van der Waals surface area contributed by atoms with Crippen molar-refractivity contribution in [1.29, 1.82) is 0 Å². The number of hydrogen-bond donors (Lipinski definition) is 1. The molecular formula is C25H21F6N5O. The molecule has 0 fully saturated rings. The van der Waals surface area contributed by atoms with Crippen LogP contribution < -0.4 is 5.32 Å². The number of pyridine rings is 2. The summed E-state index contributed by atoms with van der Waals surface area (Å²) < 4.78 is 85.0. The second kappa shape index (κ2) is 10.3. The van der Waals surface area contributed by atoms with Crippen molar-refractivity contribution in [3.63, 3.8) is 0 Å². The van der Waals surface area contributed by atoms with Crippen LogP contribution in [0.15, 0.2) is 54.7 Å². The maximum atomic E-state index is 13.5. The molecule has 0 saturated heterocycles. The van der Waals surface area contributed by atoms with Gasteiger partial charge in [-0.1, -0.05) is 13.8 Å². The molecule has 3 heterocycles. The Morgan fingerprint density at radius 1 is 0.865 bits per heavy atom. The Kier molecular flexibility index (Phi) is 7.30. The zero-order valence-electron chi connectivity index (χ0n) is 19.7. The second-order valence-electron chi connectivity index (χ2n) is 8.56. The van der Waals surface area contributed by atoms with Crippen molar-refractivity contribution in [2.24, 2.45) is 5.92 Å². The van der Waals surface area contributed by atoms with E-state index in [0.717, 1.165) is 18.2 Å². The van der Waals surface area contributed by atoms with Gasteiger partial charge in [-0.25, -0.2) is 15.0 Å². The van der Waals surface area contributed by atoms with Crippen LogP contribution in [0.25, 0.3) is 22.4 Å². The fourth-order valence-corrected chi connectivity index (χ4v) is 3.45. The van der Waals surface area contributed by atoms with E-state index in [9.17, 15) is 26.3 Å². The number of aromatic nitrogens is 4. The van der Waals surface area contributed by atoms with Crippen molar-refractivity contribution in [2.75, 3.05) is 11.9 Å². The fraction of sp³-hybridized carbons (Fsp3) is 0.280. The second-order valence-corrected chi connectivity index (χ2v) is 8.56. The first-order valence-electron chi connectivity index (χ1n) is 11.1. The van der Waals surface area contributed by atoms with E-state index >= 15 is 0 Å². The number of fused-ring (bicyclic) bond motifs is 1. The smallest absolute Gasteiger partial charge is 0.373 e. The van der Waals surface area contributed by atoms with Crippen LogP contribution in [0.4, 0.5) is 37.8 Å². The molecule has 0 saturated carbocycles. The van der Waals surface area contributed by atoms with Gasteiger partial charge in [0.15, 0.2) is 11.5 Å². The average molecular weight is 521 g/mol. The van der Waals surface area contributed by atoms with Crippen LogP contribution >= 0.6 is 0 Å². The van der Waals surface area contributed by atoms with Crippen molar-refractivity contribution >= 4 is 22.5 Å². The van der Waals surface area contributed by atoms with Crippen LogP contribution in [0.5, 0.6) is 0 Å². The van der Waals surface area contributed by atoms with E-state index in [1.165, 1.54) is 36.5 Å². The summed E-state index contributed by atoms with van der Waals surface area (Å²) in [6.07, 6.45) is -7.89. The van der Waals surface area contributed by atoms with E-state index in [1.54, 1.807) is 0 Å². The molecule has 4 rings (SSSR count). The molecule has 0 aliphatic carbocycles. The standard InChI is InChI=1S/C25H21F6N5O/c1-14(2)12-37-13-20-35-22(33-16-7-5-15(6-8-16)24(26,27)28)17-9-10-19(34-23(17)36-20)21-18(25(29,30)31)4-3-11-32-21/h3-11,14H,12-13H2,1-2H3,(H,33,34,35,36). The molecule has 0 aliphatic heterocycles. The Morgan fingerprint density at radius 2 is 1.59 bits per heavy atom. The minimum Gasteiger partial charge on any atom is -0.373 e. The Labute approximate surface area is 207 Å². The lowest BCUT2D eigenvalue weighted by Gasteiger charge is -2.14. The van der Waals surface area contributed by atoms with Crippen molar-refractivity contribution in [3.8, 4) is 11.4 Å². The molecule has 1 aromatic carbocycles. The number of halogens is 6. The van der Waals surface area contributed by atoms with Gasteiger partial charge in [0.1, 0.15) is 18.1 Å². The molecule has 3 aromatic heterocycles. The highest BCUT2D eigenvalue weighted by Gasteiger charge is 2.35. The van der Waals surface area contributed by atoms with Gasteiger partial charge in [0.2, 0.25) is 0 Å². The minimum absolute atomic E-state index is 0.000886. The summed E-state index contributed by atoms with van der Waals surface area (Å²) in [6.45, 7) is 4.33. The normalized spacial score (nSPS) is 12.4. The first kappa shape index (κ1) is 26.3. The molecule has 37 heavy (non-hydrogen) atoms. The lowest BCUT2D eigenvalue weighted by atomic mass is 10.1. The molecule has 0 spiro atoms. The Balaban J connectivity index is 1.77. The van der Waals surface area contributed by atoms with E-state index < -0.39 is 23.5 Å². The maximum absolute atomic E-state index is 13.5. The quantitative estimate of drug-likeness (QED) is 0.263. The molecule has 6 nitrogen and oxygen atoms in total. The number of alkyl halides is 6. The van der Waals surface area contributed by atoms with Gasteiger partial charge in [0.25, 0.3) is 0 Å². The summed E-state index contributed by atoms with van der Waals surface area (Å²) in [5.41, 5.74) is -1.77. The van der Waals surface area contributed by atoms with Crippen molar-refractivity contribution in [2.45, 2.75) is 32.8 Å². The summed E-state index contributed by atoms with van der Waals surface area (Å²) in [5, 5.41) is 3.30. The van der Waals surface area contributed by atoms with E-state index in [0.29, 0.717) is 17.7 Å². The van der Waals surface area contributed by atoms with Crippen LogP contribution in [0, 0.1) is 5.92 Å². The van der Waals surface area contributed by atoms with Crippen LogP contribution in [-0.4, -0.2) is 26.5 Å². The molecule has 0 atom stereocenters. The van der Waals surface area contributed by atoms with Crippen LogP contribution in [0.2, 0.25) is 0 Å². The largest absolute Gasteiger partial charge is 0.418 e. The van der Waals surface area contributed by atoms with Gasteiger partial charge < -0.3 is 10.1 Å². The monoisotopic (exact) mass is 521 g/mol. The summed E-state index contributed by atoms with van der Waals surface area (Å²) >= 11 is 0. The predicted molar refractivity (Wildman–Crippen MR) is 125 cm³/mol. The highest BCUT2D eigenvalue weighted by Crippen LogP contribution is 2.36. The van der Waals surface area contributed by atoms with Crippen LogP contribution in [-0.2, 0) is 23.7 Å². The van der Waals surface area contributed by atoms with E-state index in [-0.39, 0.29) is 41.2 Å². The topological polar surface area (TPSA) is 72.8 Å². The van der Waals surface area contributed by atoms with Gasteiger partial charge in [-0.2, -0.15) is 26.3 Å². The number of benzene rings is 1. The first-order valence-corrected chi connectivity index (χ1v) is 11.1. The summed E-state index contributed by atoms with van der Waals surface area (Å²) in [4.78, 5) is 17.0. The SMILES string of the molecule is CC(C)COCc1nc(Nc2ccc(C(F)(F)F)cc2)c2ccc(-c3ncccc3C(F)(F)F)nc2n1. The van der Waals surface area contributed by atoms with Crippen molar-refractivity contribution in [3.05, 3.63) is 71.7 Å². The molecule has 0 bridgehead atoms. The molecule has 0 aliphatic rings. The summed E-state index contributed by atoms with van der Waals surface area (Å²) in [6, 6.07) is 9.29. The van der Waals surface area contributed by atoms with E-state index in [2.05, 4.69) is 25.3 Å². The first-order chi connectivity index (χ1) is 17.4. The summed E-state index contributed by atoms with van der Waals surface area (Å²) in [5.74, 6) is 0.646. The van der Waals surface area contributed by atoms with Gasteiger partial charge in [-0.05, 0) is 54.4 Å². The number of rotatable bonds is 7. The lowest BCUT2D eigenvalue weighted by Crippen LogP contribution is -2.10. The molecule has 0 amide bonds. The van der Waals surface area contributed by atoms with E-state index in [1.807, 2.05) is 13.8 Å². The van der Waals surface area contributed by atoms with Crippen LogP contribution in [0.1, 0.15) is 30.8 Å².